The van der Waals surface area contributed by atoms with E-state index >= 15 is 0 Å². The van der Waals surface area contributed by atoms with E-state index in [-0.39, 0.29) is 34.5 Å². The van der Waals surface area contributed by atoms with Gasteiger partial charge in [-0.15, -0.1) is 0 Å². The summed E-state index contributed by atoms with van der Waals surface area (Å²) in [7, 11) is -4.79. The standard InChI is InChI=1S/C37H42O6S2.Na/c1-3-5-9-23-42-24-11-13-28-12-10-14-30(26-28)37(38)34-16-8-7-15-33(34)29-17-22-35(36(27-29)45(39,40)41)44-32-20-18-31(19-21-32)43-25-6-4-2;/h7-8,10-22,26-27,37-38H,3-6,9,23-25H2,1-2H3,(H,39,40,41);/q;+1/p-1/b13-11-;. The minimum Gasteiger partial charge on any atom is -0.744 e. The molecule has 4 aromatic carbocycles. The first-order valence-electron chi connectivity index (χ1n) is 15.4. The monoisotopic (exact) mass is 668 g/mol. The molecule has 0 saturated carbocycles. The van der Waals surface area contributed by atoms with E-state index < -0.39 is 16.2 Å². The average molecular weight is 669 g/mol. The molecule has 0 radical (unpaired) electrons. The Labute approximate surface area is 300 Å². The summed E-state index contributed by atoms with van der Waals surface area (Å²) in [6.07, 6.45) is 8.34. The zero-order valence-corrected chi connectivity index (χ0v) is 30.5. The first kappa shape index (κ1) is 38.1. The Bertz CT molecular complexity index is 1650. The van der Waals surface area contributed by atoms with Gasteiger partial charge in [-0.25, -0.2) is 8.42 Å². The molecule has 1 atom stereocenters. The molecule has 0 heterocycles. The molecule has 4 aromatic rings. The van der Waals surface area contributed by atoms with E-state index in [9.17, 15) is 18.1 Å². The van der Waals surface area contributed by atoms with Crippen molar-refractivity contribution in [1.82, 2.24) is 0 Å². The van der Waals surface area contributed by atoms with Gasteiger partial charge in [0.25, 0.3) is 0 Å². The Morgan fingerprint density at radius 3 is 2.37 bits per heavy atom. The molecule has 6 nitrogen and oxygen atoms in total. The molecule has 0 spiro atoms. The maximum Gasteiger partial charge on any atom is 1.00 e. The van der Waals surface area contributed by atoms with Crippen LogP contribution in [-0.2, 0) is 14.9 Å². The van der Waals surface area contributed by atoms with Gasteiger partial charge < -0.3 is 19.1 Å². The van der Waals surface area contributed by atoms with Gasteiger partial charge in [-0.1, -0.05) is 106 Å². The number of ether oxygens (including phenoxy) is 2. The number of aliphatic hydroxyl groups excluding tert-OH is 1. The van der Waals surface area contributed by atoms with Gasteiger partial charge in [0.05, 0.1) is 18.1 Å². The number of hydrogen-bond acceptors (Lipinski definition) is 7. The van der Waals surface area contributed by atoms with Crippen molar-refractivity contribution in [2.75, 3.05) is 19.8 Å². The van der Waals surface area contributed by atoms with Gasteiger partial charge in [-0.05, 0) is 83.1 Å². The van der Waals surface area contributed by atoms with Crippen molar-refractivity contribution in [1.29, 1.82) is 0 Å². The molecule has 0 bridgehead atoms. The second-order valence-electron chi connectivity index (χ2n) is 10.7. The van der Waals surface area contributed by atoms with E-state index in [2.05, 4.69) is 13.8 Å². The maximum atomic E-state index is 12.4. The number of benzene rings is 4. The van der Waals surface area contributed by atoms with E-state index in [0.29, 0.717) is 40.4 Å². The second-order valence-corrected chi connectivity index (χ2v) is 13.2. The number of rotatable bonds is 17. The fraction of sp³-hybridized carbons (Fsp3) is 0.297. The summed E-state index contributed by atoms with van der Waals surface area (Å²) in [6, 6.07) is 27.1. The van der Waals surface area contributed by atoms with Gasteiger partial charge in [0, 0.05) is 16.4 Å². The summed E-state index contributed by atoms with van der Waals surface area (Å²) in [5.41, 5.74) is 3.40. The molecule has 4 rings (SSSR count). The molecule has 0 fully saturated rings. The topological polar surface area (TPSA) is 95.9 Å². The van der Waals surface area contributed by atoms with Crippen molar-refractivity contribution in [2.24, 2.45) is 0 Å². The molecular formula is C37H41NaO6S2. The molecule has 0 aliphatic heterocycles. The van der Waals surface area contributed by atoms with Gasteiger partial charge in [0.1, 0.15) is 22.0 Å². The van der Waals surface area contributed by atoms with Crippen LogP contribution in [0.5, 0.6) is 5.75 Å². The van der Waals surface area contributed by atoms with Crippen LogP contribution in [0.25, 0.3) is 17.2 Å². The van der Waals surface area contributed by atoms with Gasteiger partial charge in [0.2, 0.25) is 0 Å². The van der Waals surface area contributed by atoms with E-state index in [0.717, 1.165) is 54.9 Å². The Morgan fingerprint density at radius 1 is 0.870 bits per heavy atom. The molecule has 1 unspecified atom stereocenters. The first-order chi connectivity index (χ1) is 21.8. The third-order valence-electron chi connectivity index (χ3n) is 7.24. The minimum atomic E-state index is -4.79. The second kappa shape index (κ2) is 19.4. The van der Waals surface area contributed by atoms with Gasteiger partial charge in [-0.3, -0.25) is 0 Å². The van der Waals surface area contributed by atoms with Crippen molar-refractivity contribution < 1.29 is 57.1 Å². The molecule has 238 valence electrons. The smallest absolute Gasteiger partial charge is 0.744 e. The zero-order chi connectivity index (χ0) is 32.1. The molecule has 0 aromatic heterocycles. The number of aliphatic hydroxyl groups is 1. The summed E-state index contributed by atoms with van der Waals surface area (Å²) in [4.78, 5) is 0.810. The Kier molecular flexibility index (Phi) is 16.1. The van der Waals surface area contributed by atoms with Crippen molar-refractivity contribution in [3.05, 3.63) is 114 Å². The summed E-state index contributed by atoms with van der Waals surface area (Å²) >= 11 is 1.20. The van der Waals surface area contributed by atoms with E-state index in [1.165, 1.54) is 17.8 Å². The van der Waals surface area contributed by atoms with Crippen LogP contribution in [0.15, 0.2) is 112 Å². The SMILES string of the molecule is CCCCCOC/C=C\c1cccc(C(O)c2ccccc2-c2ccc(Sc3ccc(OCCCC)cc3)c(S(=O)(=O)[O-])c2)c1.[Na+]. The summed E-state index contributed by atoms with van der Waals surface area (Å²) in [5.74, 6) is 0.739. The van der Waals surface area contributed by atoms with E-state index in [1.54, 1.807) is 12.1 Å². The number of unbranched alkanes of at least 4 members (excludes halogenated alkanes) is 3. The largest absolute Gasteiger partial charge is 1.00 e. The van der Waals surface area contributed by atoms with Crippen LogP contribution < -0.4 is 34.3 Å². The van der Waals surface area contributed by atoms with Gasteiger partial charge in [0.15, 0.2) is 0 Å². The summed E-state index contributed by atoms with van der Waals surface area (Å²) in [6.45, 7) is 6.16. The Hall–Kier alpha value is -2.40. The van der Waals surface area contributed by atoms with Crippen LogP contribution in [0.1, 0.15) is 68.7 Å². The van der Waals surface area contributed by atoms with Crippen molar-refractivity contribution in [2.45, 2.75) is 66.7 Å². The van der Waals surface area contributed by atoms with Crippen LogP contribution in [0, 0.1) is 0 Å². The molecule has 0 aliphatic carbocycles. The minimum absolute atomic E-state index is 0. The molecular weight excluding hydrogens is 628 g/mol. The Morgan fingerprint density at radius 2 is 1.63 bits per heavy atom. The number of hydrogen-bond donors (Lipinski definition) is 1. The molecule has 9 heteroatoms. The van der Waals surface area contributed by atoms with E-state index in [4.69, 9.17) is 9.47 Å². The van der Waals surface area contributed by atoms with Crippen LogP contribution in [0.2, 0.25) is 0 Å². The molecule has 0 amide bonds. The third-order valence-corrected chi connectivity index (χ3v) is 9.33. The predicted molar refractivity (Wildman–Crippen MR) is 181 cm³/mol. The summed E-state index contributed by atoms with van der Waals surface area (Å²) < 4.78 is 48.7. The quantitative estimate of drug-likeness (QED) is 0.0852. The van der Waals surface area contributed by atoms with Crippen LogP contribution in [-0.4, -0.2) is 37.9 Å². The van der Waals surface area contributed by atoms with Gasteiger partial charge >= 0.3 is 29.6 Å². The van der Waals surface area contributed by atoms with Crippen LogP contribution in [0.4, 0.5) is 0 Å². The fourth-order valence-corrected chi connectivity index (χ4v) is 6.66. The third kappa shape index (κ3) is 11.4. The van der Waals surface area contributed by atoms with Crippen molar-refractivity contribution in [3.8, 4) is 16.9 Å². The zero-order valence-electron chi connectivity index (χ0n) is 26.9. The molecule has 46 heavy (non-hydrogen) atoms. The van der Waals surface area contributed by atoms with E-state index in [1.807, 2.05) is 84.9 Å². The molecule has 1 N–H and O–H groups in total. The predicted octanol–water partition coefficient (Wildman–Crippen LogP) is 5.89. The normalized spacial score (nSPS) is 12.2. The van der Waals surface area contributed by atoms with Crippen LogP contribution >= 0.6 is 11.8 Å². The molecule has 0 aliphatic rings. The first-order valence-corrected chi connectivity index (χ1v) is 17.6. The Balaban J connectivity index is 0.00000576. The fourth-order valence-electron chi connectivity index (χ4n) is 4.82. The van der Waals surface area contributed by atoms with Gasteiger partial charge in [-0.2, -0.15) is 0 Å². The van der Waals surface area contributed by atoms with Crippen molar-refractivity contribution >= 4 is 28.0 Å². The van der Waals surface area contributed by atoms with Crippen molar-refractivity contribution in [3.63, 3.8) is 0 Å². The maximum absolute atomic E-state index is 12.4. The summed E-state index contributed by atoms with van der Waals surface area (Å²) in [5, 5.41) is 11.5. The van der Waals surface area contributed by atoms with Crippen LogP contribution in [0.3, 0.4) is 0 Å². The molecule has 0 saturated heterocycles. The average Bonchev–Trinajstić information content (AvgIpc) is 3.05.